The van der Waals surface area contributed by atoms with Gasteiger partial charge in [-0.3, -0.25) is 5.43 Å². The van der Waals surface area contributed by atoms with Gasteiger partial charge in [-0.25, -0.2) is 5.01 Å². The van der Waals surface area contributed by atoms with E-state index in [-0.39, 0.29) is 10.2 Å². The summed E-state index contributed by atoms with van der Waals surface area (Å²) in [6, 6.07) is 16.4. The van der Waals surface area contributed by atoms with E-state index in [0.717, 1.165) is 17.8 Å². The zero-order chi connectivity index (χ0) is 18.2. The van der Waals surface area contributed by atoms with E-state index in [4.69, 9.17) is 18.0 Å². The third kappa shape index (κ3) is 3.93. The molecule has 0 spiro atoms. The number of nitrogens with zero attached hydrogens (tertiary/aromatic N) is 1. The molecule has 0 atom stereocenters. The van der Waals surface area contributed by atoms with Crippen molar-refractivity contribution in [1.29, 1.82) is 0 Å². The van der Waals surface area contributed by atoms with Crippen LogP contribution in [-0.4, -0.2) is 9.86 Å². The highest BCUT2D eigenvalue weighted by Gasteiger charge is 2.38. The first-order valence-corrected chi connectivity index (χ1v) is 9.65. The van der Waals surface area contributed by atoms with Crippen LogP contribution >= 0.6 is 24.0 Å². The molecule has 0 saturated carbocycles. The summed E-state index contributed by atoms with van der Waals surface area (Å²) in [5.74, 6) is 0. The maximum atomic E-state index is 5.99. The molecule has 0 aliphatic carbocycles. The Bertz CT molecular complexity index is 785. The average Bonchev–Trinajstić information content (AvgIpc) is 2.51. The minimum absolute atomic E-state index is 0.106. The third-order valence-corrected chi connectivity index (χ3v) is 5.89. The topological polar surface area (TPSA) is 41.3 Å². The Labute approximate surface area is 160 Å². The van der Waals surface area contributed by atoms with Gasteiger partial charge in [0.15, 0.2) is 5.11 Å². The van der Waals surface area contributed by atoms with Gasteiger partial charge in [-0.2, -0.15) is 0 Å². The van der Waals surface area contributed by atoms with E-state index in [1.54, 1.807) is 5.01 Å². The summed E-state index contributed by atoms with van der Waals surface area (Å²) in [7, 11) is 0. The van der Waals surface area contributed by atoms with Gasteiger partial charge in [0.25, 0.3) is 0 Å². The largest absolute Gasteiger partial charge is 0.374 e. The van der Waals surface area contributed by atoms with E-state index in [0.29, 0.717) is 5.11 Å². The van der Waals surface area contributed by atoms with Crippen LogP contribution in [0.1, 0.15) is 39.7 Å². The monoisotopic (exact) mass is 371 g/mol. The highest BCUT2D eigenvalue weighted by molar-refractivity contribution is 8.00. The summed E-state index contributed by atoms with van der Waals surface area (Å²) >= 11 is 7.23. The van der Waals surface area contributed by atoms with Crippen LogP contribution in [0.4, 0.5) is 11.4 Å². The van der Waals surface area contributed by atoms with Crippen LogP contribution in [0, 0.1) is 0 Å². The second-order valence-corrected chi connectivity index (χ2v) is 9.92. The fourth-order valence-electron chi connectivity index (χ4n) is 3.66. The summed E-state index contributed by atoms with van der Waals surface area (Å²) in [5.41, 5.74) is 12.7. The van der Waals surface area contributed by atoms with Gasteiger partial charge < -0.3 is 5.73 Å². The number of anilines is 2. The maximum Gasteiger partial charge on any atom is 0.190 e. The number of thioether (sulfide) groups is 1. The standard InChI is InChI=1S/C20H25N3S2/c1-19(2)13-20(3,4)25-17-11-10-15(12-16(17)19)23(18(21)24)22-14-8-6-5-7-9-14/h5-12,22H,13H2,1-4H3,(H2,21,24). The zero-order valence-electron chi connectivity index (χ0n) is 15.2. The number of fused-ring (bicyclic) bond motifs is 1. The van der Waals surface area contributed by atoms with E-state index >= 15 is 0 Å². The van der Waals surface area contributed by atoms with Crippen LogP contribution in [-0.2, 0) is 5.41 Å². The number of hydrazine groups is 1. The number of nitrogens with two attached hydrogens (primary N) is 1. The van der Waals surface area contributed by atoms with Crippen LogP contribution in [0.5, 0.6) is 0 Å². The van der Waals surface area contributed by atoms with Crippen molar-refractivity contribution in [2.75, 3.05) is 10.4 Å². The Morgan fingerprint density at radius 1 is 1.12 bits per heavy atom. The van der Waals surface area contributed by atoms with Crippen LogP contribution in [0.2, 0.25) is 0 Å². The zero-order valence-corrected chi connectivity index (χ0v) is 16.8. The van der Waals surface area contributed by atoms with Crippen molar-refractivity contribution in [1.82, 2.24) is 0 Å². The van der Waals surface area contributed by atoms with Gasteiger partial charge in [0.1, 0.15) is 0 Å². The highest BCUT2D eigenvalue weighted by Crippen LogP contribution is 2.51. The summed E-state index contributed by atoms with van der Waals surface area (Å²) in [5, 5.41) is 2.07. The molecule has 132 valence electrons. The molecule has 1 aliphatic rings. The Balaban J connectivity index is 1.98. The Morgan fingerprint density at radius 2 is 1.80 bits per heavy atom. The van der Waals surface area contributed by atoms with Gasteiger partial charge in [0.05, 0.1) is 11.4 Å². The lowest BCUT2D eigenvalue weighted by Crippen LogP contribution is -2.40. The number of rotatable bonds is 3. The van der Waals surface area contributed by atoms with E-state index in [1.165, 1.54) is 10.5 Å². The van der Waals surface area contributed by atoms with Crippen molar-refractivity contribution in [3.63, 3.8) is 0 Å². The molecule has 3 N–H and O–H groups in total. The third-order valence-electron chi connectivity index (χ3n) is 4.44. The van der Waals surface area contributed by atoms with Gasteiger partial charge in [-0.1, -0.05) is 45.9 Å². The Hall–Kier alpha value is -1.72. The average molecular weight is 372 g/mol. The fourth-order valence-corrected chi connectivity index (χ4v) is 5.42. The van der Waals surface area contributed by atoms with Crippen molar-refractivity contribution in [2.45, 2.75) is 49.2 Å². The van der Waals surface area contributed by atoms with Crippen molar-refractivity contribution < 1.29 is 0 Å². The molecule has 0 bridgehead atoms. The minimum Gasteiger partial charge on any atom is -0.374 e. The molecule has 0 fully saturated rings. The van der Waals surface area contributed by atoms with Gasteiger partial charge in [0.2, 0.25) is 0 Å². The van der Waals surface area contributed by atoms with Gasteiger partial charge in [-0.15, -0.1) is 11.8 Å². The van der Waals surface area contributed by atoms with Crippen LogP contribution < -0.4 is 16.2 Å². The molecule has 0 unspecified atom stereocenters. The molecule has 1 heterocycles. The predicted molar refractivity (Wildman–Crippen MR) is 113 cm³/mol. The molecule has 0 aromatic heterocycles. The lowest BCUT2D eigenvalue weighted by Gasteiger charge is -2.42. The summed E-state index contributed by atoms with van der Waals surface area (Å²) in [4.78, 5) is 1.34. The predicted octanol–water partition coefficient (Wildman–Crippen LogP) is 5.32. The SMILES string of the molecule is CC1(C)CC(C)(C)c2cc(N(Nc3ccccc3)C(N)=S)ccc2S1. The molecule has 3 rings (SSSR count). The first kappa shape index (κ1) is 18.1. The lowest BCUT2D eigenvalue weighted by molar-refractivity contribution is 0.408. The van der Waals surface area contributed by atoms with Gasteiger partial charge in [0, 0.05) is 9.64 Å². The van der Waals surface area contributed by atoms with Gasteiger partial charge >= 0.3 is 0 Å². The summed E-state index contributed by atoms with van der Waals surface area (Å²) in [6.45, 7) is 9.25. The smallest absolute Gasteiger partial charge is 0.190 e. The number of benzene rings is 2. The van der Waals surface area contributed by atoms with Gasteiger partial charge in [-0.05, 0) is 59.9 Å². The molecule has 0 saturated heterocycles. The summed E-state index contributed by atoms with van der Waals surface area (Å²) < 4.78 is 0.239. The number of thiocarbonyl (C=S) groups is 1. The highest BCUT2D eigenvalue weighted by atomic mass is 32.2. The second-order valence-electron chi connectivity index (χ2n) is 7.75. The molecule has 1 aliphatic heterocycles. The molecule has 2 aromatic carbocycles. The first-order valence-electron chi connectivity index (χ1n) is 8.43. The molecule has 2 aromatic rings. The fraction of sp³-hybridized carbons (Fsp3) is 0.350. The van der Waals surface area contributed by atoms with Crippen LogP contribution in [0.25, 0.3) is 0 Å². The van der Waals surface area contributed by atoms with Crippen molar-refractivity contribution in [3.8, 4) is 0 Å². The second kappa shape index (κ2) is 6.54. The van der Waals surface area contributed by atoms with Crippen LogP contribution in [0.15, 0.2) is 53.4 Å². The van der Waals surface area contributed by atoms with E-state index < -0.39 is 0 Å². The molecular weight excluding hydrogens is 346 g/mol. The molecular formula is C20H25N3S2. The molecule has 3 nitrogen and oxygen atoms in total. The molecule has 25 heavy (non-hydrogen) atoms. The molecule has 5 heteroatoms. The first-order chi connectivity index (χ1) is 11.7. The maximum absolute atomic E-state index is 5.99. The number of para-hydroxylation sites is 1. The Kier molecular flexibility index (Phi) is 4.73. The number of hydrogen-bond acceptors (Lipinski definition) is 3. The van der Waals surface area contributed by atoms with Crippen molar-refractivity contribution >= 4 is 40.5 Å². The molecule has 0 amide bonds. The van der Waals surface area contributed by atoms with Crippen molar-refractivity contribution in [2.24, 2.45) is 5.73 Å². The number of nitrogens with one attached hydrogen (secondary N) is 1. The summed E-state index contributed by atoms with van der Waals surface area (Å²) in [6.07, 6.45) is 1.13. The minimum atomic E-state index is 0.106. The van der Waals surface area contributed by atoms with E-state index in [9.17, 15) is 0 Å². The quantitative estimate of drug-likeness (QED) is 0.565. The van der Waals surface area contributed by atoms with E-state index in [1.807, 2.05) is 42.1 Å². The lowest BCUT2D eigenvalue weighted by atomic mass is 9.77. The number of hydrogen-bond donors (Lipinski definition) is 2. The van der Waals surface area contributed by atoms with Crippen molar-refractivity contribution in [3.05, 3.63) is 54.1 Å². The Morgan fingerprint density at radius 3 is 2.44 bits per heavy atom. The normalized spacial score (nSPS) is 17.4. The van der Waals surface area contributed by atoms with E-state index in [2.05, 4.69) is 51.3 Å². The van der Waals surface area contributed by atoms with Crippen LogP contribution in [0.3, 0.4) is 0 Å². The molecule has 0 radical (unpaired) electrons.